The molecule has 0 N–H and O–H groups in total. The molecule has 1 saturated heterocycles. The van der Waals surface area contributed by atoms with E-state index >= 15 is 0 Å². The van der Waals surface area contributed by atoms with Gasteiger partial charge in [0, 0.05) is 35.5 Å². The van der Waals surface area contributed by atoms with Crippen molar-refractivity contribution < 1.29 is 18.1 Å². The fourth-order valence-corrected chi connectivity index (χ4v) is 4.27. The number of hydrogen-bond acceptors (Lipinski definition) is 5. The summed E-state index contributed by atoms with van der Waals surface area (Å²) in [6, 6.07) is 10.1. The van der Waals surface area contributed by atoms with E-state index in [1.54, 1.807) is 12.1 Å². The number of likely N-dealkylation sites (tertiary alicyclic amines) is 1. The molecule has 164 valence electrons. The zero-order chi connectivity index (χ0) is 22.4. The Morgan fingerprint density at radius 3 is 2.47 bits per heavy atom. The third-order valence-corrected chi connectivity index (χ3v) is 6.42. The van der Waals surface area contributed by atoms with Gasteiger partial charge < -0.3 is 13.8 Å². The van der Waals surface area contributed by atoms with Crippen LogP contribution in [-0.2, 0) is 0 Å². The Bertz CT molecular complexity index is 1300. The summed E-state index contributed by atoms with van der Waals surface area (Å²) >= 11 is 0. The number of carbonyl (C=O) groups excluding carboxylic acids is 1. The van der Waals surface area contributed by atoms with Gasteiger partial charge in [0.25, 0.3) is 5.91 Å². The summed E-state index contributed by atoms with van der Waals surface area (Å²) in [5.41, 5.74) is 4.67. The van der Waals surface area contributed by atoms with Crippen LogP contribution in [-0.4, -0.2) is 34.0 Å². The number of rotatable bonds is 3. The molecule has 5 rings (SSSR count). The molecule has 0 atom stereocenters. The van der Waals surface area contributed by atoms with Crippen molar-refractivity contribution >= 4 is 16.9 Å². The van der Waals surface area contributed by atoms with E-state index in [0.29, 0.717) is 36.1 Å². The normalized spacial score (nSPS) is 14.9. The summed E-state index contributed by atoms with van der Waals surface area (Å²) < 4.78 is 24.6. The molecule has 1 fully saturated rings. The lowest BCUT2D eigenvalue weighted by atomic mass is 9.96. The number of carbonyl (C=O) groups is 1. The first-order chi connectivity index (χ1) is 15.4. The molecule has 3 heterocycles. The average molecular weight is 433 g/mol. The van der Waals surface area contributed by atoms with Crippen LogP contribution in [0.25, 0.3) is 22.4 Å². The monoisotopic (exact) mass is 433 g/mol. The Labute approximate surface area is 185 Å². The highest BCUT2D eigenvalue weighted by atomic mass is 19.1. The van der Waals surface area contributed by atoms with Crippen LogP contribution in [0, 0.1) is 26.6 Å². The molecule has 0 spiro atoms. The van der Waals surface area contributed by atoms with Crippen molar-refractivity contribution in [2.75, 3.05) is 13.1 Å². The molecular weight excluding hydrogens is 409 g/mol. The number of amides is 1. The standard InChI is InChI=1S/C25H24FN3O3/c1-14-12-20-16(3)22(31-21(20)13-15(14)2)25(30)29-10-8-18(9-11-29)24-27-23(28-32-24)17-4-6-19(26)7-5-17/h4-7,12-13,18H,8-11H2,1-3H3. The molecule has 0 radical (unpaired) electrons. The van der Waals surface area contributed by atoms with Gasteiger partial charge >= 0.3 is 0 Å². The molecule has 0 saturated carbocycles. The Hall–Kier alpha value is -3.48. The zero-order valence-electron chi connectivity index (χ0n) is 18.3. The first kappa shape index (κ1) is 20.4. The van der Waals surface area contributed by atoms with Gasteiger partial charge in [-0.1, -0.05) is 5.16 Å². The highest BCUT2D eigenvalue weighted by Gasteiger charge is 2.30. The van der Waals surface area contributed by atoms with Gasteiger partial charge in [0.1, 0.15) is 11.4 Å². The summed E-state index contributed by atoms with van der Waals surface area (Å²) in [7, 11) is 0. The van der Waals surface area contributed by atoms with Crippen molar-refractivity contribution in [3.63, 3.8) is 0 Å². The Kier molecular flexibility index (Phi) is 5.04. The molecule has 0 bridgehead atoms. The Morgan fingerprint density at radius 2 is 1.75 bits per heavy atom. The van der Waals surface area contributed by atoms with E-state index in [1.807, 2.05) is 24.8 Å². The number of benzene rings is 2. The Balaban J connectivity index is 1.29. The van der Waals surface area contributed by atoms with E-state index in [2.05, 4.69) is 23.1 Å². The van der Waals surface area contributed by atoms with Gasteiger partial charge in [-0.05, 0) is 81.1 Å². The van der Waals surface area contributed by atoms with Crippen LogP contribution in [0.2, 0.25) is 0 Å². The second-order valence-electron chi connectivity index (χ2n) is 8.52. The molecule has 2 aromatic heterocycles. The number of hydrogen-bond donors (Lipinski definition) is 0. The van der Waals surface area contributed by atoms with Gasteiger partial charge in [0.15, 0.2) is 5.76 Å². The highest BCUT2D eigenvalue weighted by molar-refractivity contribution is 5.99. The largest absolute Gasteiger partial charge is 0.451 e. The fourth-order valence-electron chi connectivity index (χ4n) is 4.27. The smallest absolute Gasteiger partial charge is 0.289 e. The average Bonchev–Trinajstić information content (AvgIpc) is 3.40. The minimum Gasteiger partial charge on any atom is -0.451 e. The van der Waals surface area contributed by atoms with E-state index in [0.717, 1.165) is 34.9 Å². The van der Waals surface area contributed by atoms with Crippen LogP contribution in [0.1, 0.15) is 51.9 Å². The minimum absolute atomic E-state index is 0.0787. The topological polar surface area (TPSA) is 72.4 Å². The lowest BCUT2D eigenvalue weighted by Gasteiger charge is -2.29. The van der Waals surface area contributed by atoms with Gasteiger partial charge in [-0.3, -0.25) is 4.79 Å². The molecule has 1 aliphatic rings. The first-order valence-electron chi connectivity index (χ1n) is 10.8. The second-order valence-corrected chi connectivity index (χ2v) is 8.52. The van der Waals surface area contributed by atoms with Crippen molar-refractivity contribution in [3.05, 3.63) is 70.6 Å². The van der Waals surface area contributed by atoms with Crippen molar-refractivity contribution in [3.8, 4) is 11.4 Å². The number of aromatic nitrogens is 2. The number of fused-ring (bicyclic) bond motifs is 1. The lowest BCUT2D eigenvalue weighted by Crippen LogP contribution is -2.38. The summed E-state index contributed by atoms with van der Waals surface area (Å²) in [4.78, 5) is 19.5. The summed E-state index contributed by atoms with van der Waals surface area (Å²) in [6.07, 6.45) is 1.46. The van der Waals surface area contributed by atoms with Crippen LogP contribution in [0.4, 0.5) is 4.39 Å². The quantitative estimate of drug-likeness (QED) is 0.423. The highest BCUT2D eigenvalue weighted by Crippen LogP contribution is 2.32. The molecule has 0 aliphatic carbocycles. The van der Waals surface area contributed by atoms with E-state index in [9.17, 15) is 9.18 Å². The van der Waals surface area contributed by atoms with E-state index in [-0.39, 0.29) is 17.6 Å². The first-order valence-corrected chi connectivity index (χ1v) is 10.8. The predicted molar refractivity (Wildman–Crippen MR) is 118 cm³/mol. The van der Waals surface area contributed by atoms with Gasteiger partial charge in [0.2, 0.25) is 11.7 Å². The fraction of sp³-hybridized carbons (Fsp3) is 0.320. The molecular formula is C25H24FN3O3. The third kappa shape index (κ3) is 3.57. The summed E-state index contributed by atoms with van der Waals surface area (Å²) in [6.45, 7) is 7.22. The molecule has 2 aromatic carbocycles. The zero-order valence-corrected chi connectivity index (χ0v) is 18.3. The van der Waals surface area contributed by atoms with E-state index < -0.39 is 0 Å². The molecule has 6 nitrogen and oxygen atoms in total. The van der Waals surface area contributed by atoms with Crippen molar-refractivity contribution in [1.29, 1.82) is 0 Å². The van der Waals surface area contributed by atoms with Gasteiger partial charge in [-0.25, -0.2) is 4.39 Å². The molecule has 32 heavy (non-hydrogen) atoms. The van der Waals surface area contributed by atoms with Crippen LogP contribution < -0.4 is 0 Å². The third-order valence-electron chi connectivity index (χ3n) is 6.42. The van der Waals surface area contributed by atoms with E-state index in [1.165, 1.54) is 17.7 Å². The van der Waals surface area contributed by atoms with Crippen molar-refractivity contribution in [2.45, 2.75) is 39.5 Å². The molecule has 4 aromatic rings. The van der Waals surface area contributed by atoms with Crippen LogP contribution in [0.15, 0.2) is 45.3 Å². The molecule has 0 unspecified atom stereocenters. The number of halogens is 1. The summed E-state index contributed by atoms with van der Waals surface area (Å²) in [5, 5.41) is 5.03. The summed E-state index contributed by atoms with van der Waals surface area (Å²) in [5.74, 6) is 1.12. The van der Waals surface area contributed by atoms with Crippen molar-refractivity contribution in [1.82, 2.24) is 15.0 Å². The molecule has 7 heteroatoms. The maximum Gasteiger partial charge on any atom is 0.289 e. The maximum atomic E-state index is 13.2. The predicted octanol–water partition coefficient (Wildman–Crippen LogP) is 5.57. The number of furan rings is 1. The number of nitrogens with zero attached hydrogens (tertiary/aromatic N) is 3. The molecule has 1 aliphatic heterocycles. The lowest BCUT2D eigenvalue weighted by molar-refractivity contribution is 0.0674. The van der Waals surface area contributed by atoms with Gasteiger partial charge in [-0.15, -0.1) is 0 Å². The van der Waals surface area contributed by atoms with E-state index in [4.69, 9.17) is 8.94 Å². The minimum atomic E-state index is -0.306. The Morgan fingerprint density at radius 1 is 1.06 bits per heavy atom. The number of aryl methyl sites for hydroxylation is 3. The van der Waals surface area contributed by atoms with Crippen LogP contribution in [0.3, 0.4) is 0 Å². The maximum absolute atomic E-state index is 13.2. The van der Waals surface area contributed by atoms with Crippen LogP contribution in [0.5, 0.6) is 0 Å². The second kappa shape index (κ2) is 7.89. The number of piperidine rings is 1. The SMILES string of the molecule is Cc1cc2oc(C(=O)N3CCC(c4nc(-c5ccc(F)cc5)no4)CC3)c(C)c2cc1C. The van der Waals surface area contributed by atoms with Gasteiger partial charge in [0.05, 0.1) is 0 Å². The van der Waals surface area contributed by atoms with Crippen LogP contribution >= 0.6 is 0 Å². The van der Waals surface area contributed by atoms with Gasteiger partial charge in [-0.2, -0.15) is 4.98 Å². The molecule has 1 amide bonds. The van der Waals surface area contributed by atoms with Crippen molar-refractivity contribution in [2.24, 2.45) is 0 Å².